The molecule has 7 nitrogen and oxygen atoms in total. The maximum atomic E-state index is 16.8. The number of alkyl halides is 1. The number of phenolic OH excluding ortho intramolecular Hbond substituents is 1. The molecule has 220 valence electrons. The van der Waals surface area contributed by atoms with Crippen molar-refractivity contribution in [1.82, 2.24) is 14.9 Å². The molecular weight excluding hydrogens is 557 g/mol. The summed E-state index contributed by atoms with van der Waals surface area (Å²) < 4.78 is 58.7. The molecule has 0 spiro atoms. The number of aromatic nitrogens is 2. The van der Waals surface area contributed by atoms with E-state index in [2.05, 4.69) is 15.8 Å². The molecule has 2 saturated heterocycles. The lowest BCUT2D eigenvalue weighted by molar-refractivity contribution is 0.0947. The first-order valence-electron chi connectivity index (χ1n) is 14.6. The third-order valence-electron chi connectivity index (χ3n) is 9.84. The smallest absolute Gasteiger partial charge is 0.319 e. The normalized spacial score (nSPS) is 26.0. The minimum absolute atomic E-state index is 0.00576. The van der Waals surface area contributed by atoms with Gasteiger partial charge >= 0.3 is 6.01 Å². The second-order valence-corrected chi connectivity index (χ2v) is 12.2. The average molecular weight is 587 g/mol. The van der Waals surface area contributed by atoms with Crippen LogP contribution in [-0.2, 0) is 0 Å². The van der Waals surface area contributed by atoms with Crippen LogP contribution in [0.2, 0.25) is 0 Å². The van der Waals surface area contributed by atoms with Gasteiger partial charge in [-0.25, -0.2) is 13.2 Å². The van der Waals surface area contributed by atoms with Crippen LogP contribution >= 0.6 is 0 Å². The largest absolute Gasteiger partial charge is 0.508 e. The van der Waals surface area contributed by atoms with Crippen LogP contribution < -0.4 is 14.4 Å². The van der Waals surface area contributed by atoms with Crippen molar-refractivity contribution in [2.45, 2.75) is 56.0 Å². The standard InChI is InChI=1S/C33H29F3N4O3/c1-3-20-23(35)6-5-17-11-19(41)12-21(27(17)20)22-13-26-28-30(29(22)36)37-32(38-31(28)39(2)24-7-8-25(24)43-26)42-16-33-9-4-10-40(33)15-18(34)14-33/h1,5-6,11-13,18,24-25,41H,4,7-10,14-16H2,2H3/t18-,24+,25-,33+/m1/s1. The van der Waals surface area contributed by atoms with Crippen molar-refractivity contribution < 1.29 is 27.8 Å². The van der Waals surface area contributed by atoms with Gasteiger partial charge in [-0.15, -0.1) is 6.42 Å². The van der Waals surface area contributed by atoms with E-state index in [0.29, 0.717) is 40.7 Å². The van der Waals surface area contributed by atoms with E-state index in [1.165, 1.54) is 24.3 Å². The van der Waals surface area contributed by atoms with Gasteiger partial charge in [0.25, 0.3) is 0 Å². The molecule has 0 radical (unpaired) electrons. The van der Waals surface area contributed by atoms with E-state index in [1.807, 2.05) is 11.9 Å². The number of ether oxygens (including phenoxy) is 2. The molecule has 0 amide bonds. The molecule has 4 aromatic rings. The lowest BCUT2D eigenvalue weighted by atomic mass is 9.88. The molecule has 3 fully saturated rings. The van der Waals surface area contributed by atoms with Gasteiger partial charge in [-0.2, -0.15) is 9.97 Å². The first-order valence-corrected chi connectivity index (χ1v) is 14.6. The maximum Gasteiger partial charge on any atom is 0.319 e. The number of phenols is 1. The van der Waals surface area contributed by atoms with Gasteiger partial charge in [0.15, 0.2) is 5.82 Å². The summed E-state index contributed by atoms with van der Waals surface area (Å²) in [4.78, 5) is 13.4. The van der Waals surface area contributed by atoms with Crippen LogP contribution in [0.3, 0.4) is 0 Å². The third kappa shape index (κ3) is 3.87. The summed E-state index contributed by atoms with van der Waals surface area (Å²) in [7, 11) is 1.90. The highest BCUT2D eigenvalue weighted by molar-refractivity contribution is 6.05. The molecule has 8 rings (SSSR count). The van der Waals surface area contributed by atoms with Crippen molar-refractivity contribution >= 4 is 27.5 Å². The SMILES string of the molecule is C#Cc1c(F)ccc2cc(O)cc(-c3cc4c5c(nc(OC[C@@]67CCCN6C[C@H](F)C7)nc5c3F)N(C)[C@H]3CC[C@H]3O4)c12. The third-order valence-corrected chi connectivity index (χ3v) is 9.84. The second kappa shape index (κ2) is 9.38. The van der Waals surface area contributed by atoms with Crippen molar-refractivity contribution in [3.63, 3.8) is 0 Å². The molecule has 1 saturated carbocycles. The highest BCUT2D eigenvalue weighted by atomic mass is 19.1. The summed E-state index contributed by atoms with van der Waals surface area (Å²) >= 11 is 0. The van der Waals surface area contributed by atoms with Crippen LogP contribution in [0.15, 0.2) is 30.3 Å². The first-order chi connectivity index (χ1) is 20.8. The lowest BCUT2D eigenvalue weighted by Gasteiger charge is -2.40. The summed E-state index contributed by atoms with van der Waals surface area (Å²) in [5.74, 6) is 1.81. The van der Waals surface area contributed by atoms with E-state index in [1.54, 1.807) is 6.07 Å². The first kappa shape index (κ1) is 26.4. The Kier molecular flexibility index (Phi) is 5.76. The molecule has 1 aliphatic carbocycles. The molecule has 4 atom stereocenters. The van der Waals surface area contributed by atoms with Crippen molar-refractivity contribution in [2.24, 2.45) is 0 Å². The zero-order valence-electron chi connectivity index (χ0n) is 23.5. The fraction of sp³-hybridized carbons (Fsp3) is 0.394. The zero-order chi connectivity index (χ0) is 29.6. The lowest BCUT2D eigenvalue weighted by Crippen LogP contribution is -2.51. The Hall–Kier alpha value is -4.23. The molecule has 10 heteroatoms. The van der Waals surface area contributed by atoms with Crippen molar-refractivity contribution in [3.05, 3.63) is 47.5 Å². The molecule has 1 N–H and O–H groups in total. The molecule has 0 bridgehead atoms. The number of likely N-dealkylation sites (N-methyl/N-ethyl adjacent to an activating group) is 1. The number of benzene rings is 3. The average Bonchev–Trinajstić information content (AvgIpc) is 3.48. The number of terminal acetylenes is 1. The minimum Gasteiger partial charge on any atom is -0.508 e. The predicted molar refractivity (Wildman–Crippen MR) is 156 cm³/mol. The van der Waals surface area contributed by atoms with Crippen LogP contribution in [-0.4, -0.2) is 70.6 Å². The Bertz CT molecular complexity index is 1880. The minimum atomic E-state index is -0.915. The molecule has 1 aromatic heterocycles. The van der Waals surface area contributed by atoms with E-state index >= 15 is 4.39 Å². The molecule has 43 heavy (non-hydrogen) atoms. The Labute approximate surface area is 246 Å². The maximum absolute atomic E-state index is 16.8. The van der Waals surface area contributed by atoms with E-state index in [9.17, 15) is 13.9 Å². The number of halogens is 3. The predicted octanol–water partition coefficient (Wildman–Crippen LogP) is 5.73. The van der Waals surface area contributed by atoms with Crippen molar-refractivity contribution in [2.75, 3.05) is 31.6 Å². The molecule has 3 aliphatic heterocycles. The molecule has 0 unspecified atom stereocenters. The number of aromatic hydroxyl groups is 1. The summed E-state index contributed by atoms with van der Waals surface area (Å²) in [6, 6.07) is 7.14. The Morgan fingerprint density at radius 3 is 2.81 bits per heavy atom. The van der Waals surface area contributed by atoms with E-state index in [4.69, 9.17) is 20.9 Å². The van der Waals surface area contributed by atoms with Gasteiger partial charge in [-0.3, -0.25) is 4.90 Å². The van der Waals surface area contributed by atoms with Gasteiger partial charge in [-0.1, -0.05) is 12.0 Å². The van der Waals surface area contributed by atoms with Gasteiger partial charge in [0, 0.05) is 31.0 Å². The fourth-order valence-electron chi connectivity index (χ4n) is 7.60. The van der Waals surface area contributed by atoms with Gasteiger partial charge in [-0.05, 0) is 67.4 Å². The number of rotatable bonds is 4. The second-order valence-electron chi connectivity index (χ2n) is 12.2. The van der Waals surface area contributed by atoms with Crippen molar-refractivity contribution in [1.29, 1.82) is 0 Å². The fourth-order valence-corrected chi connectivity index (χ4v) is 7.60. The summed E-state index contributed by atoms with van der Waals surface area (Å²) in [5, 5.41) is 11.8. The molecule has 4 aliphatic rings. The van der Waals surface area contributed by atoms with E-state index in [-0.39, 0.29) is 52.7 Å². The number of anilines is 1. The van der Waals surface area contributed by atoms with Crippen LogP contribution in [0, 0.1) is 24.0 Å². The van der Waals surface area contributed by atoms with Gasteiger partial charge in [0.2, 0.25) is 0 Å². The highest BCUT2D eigenvalue weighted by Crippen LogP contribution is 2.48. The van der Waals surface area contributed by atoms with Gasteiger partial charge in [0.1, 0.15) is 47.5 Å². The molecule has 3 aromatic carbocycles. The quantitative estimate of drug-likeness (QED) is 0.307. The Balaban J connectivity index is 1.33. The summed E-state index contributed by atoms with van der Waals surface area (Å²) in [6.45, 7) is 1.40. The number of hydrogen-bond acceptors (Lipinski definition) is 7. The van der Waals surface area contributed by atoms with Crippen LogP contribution in [0.4, 0.5) is 19.0 Å². The summed E-state index contributed by atoms with van der Waals surface area (Å²) in [6.07, 6.45) is 8.50. The topological polar surface area (TPSA) is 71.0 Å². The van der Waals surface area contributed by atoms with Gasteiger partial charge in [0.05, 0.1) is 22.5 Å². The van der Waals surface area contributed by atoms with E-state index < -0.39 is 23.3 Å². The summed E-state index contributed by atoms with van der Waals surface area (Å²) in [5.41, 5.74) is -0.216. The zero-order valence-corrected chi connectivity index (χ0v) is 23.5. The Morgan fingerprint density at radius 2 is 2.02 bits per heavy atom. The monoisotopic (exact) mass is 586 g/mol. The van der Waals surface area contributed by atoms with E-state index in [0.717, 1.165) is 32.2 Å². The highest BCUT2D eigenvalue weighted by Gasteiger charge is 2.49. The number of nitrogens with zero attached hydrogens (tertiary/aromatic N) is 4. The number of hydrogen-bond donors (Lipinski definition) is 1. The van der Waals surface area contributed by atoms with Crippen LogP contribution in [0.1, 0.15) is 37.7 Å². The molecular formula is C33H29F3N4O3. The van der Waals surface area contributed by atoms with Crippen molar-refractivity contribution in [3.8, 4) is 41.0 Å². The Morgan fingerprint density at radius 1 is 1.16 bits per heavy atom. The van der Waals surface area contributed by atoms with Crippen LogP contribution in [0.5, 0.6) is 17.5 Å². The number of fused-ring (bicyclic) bond motifs is 3. The molecule has 4 heterocycles. The van der Waals surface area contributed by atoms with Crippen LogP contribution in [0.25, 0.3) is 32.8 Å². The van der Waals surface area contributed by atoms with Gasteiger partial charge < -0.3 is 19.5 Å².